The number of rotatable bonds is 5. The number of nitrogens with zero attached hydrogens (tertiary/aromatic N) is 1. The third kappa shape index (κ3) is 2.55. The van der Waals surface area contributed by atoms with Gasteiger partial charge in [0.15, 0.2) is 0 Å². The van der Waals surface area contributed by atoms with Crippen molar-refractivity contribution in [2.75, 3.05) is 26.8 Å². The van der Waals surface area contributed by atoms with Crippen molar-refractivity contribution in [2.24, 2.45) is 16.7 Å². The number of carbonyl (C=O) groups is 1. The Hall–Kier alpha value is -1.44. The molecule has 3 rings (SSSR count). The molecule has 1 heterocycles. The van der Waals surface area contributed by atoms with E-state index in [1.165, 1.54) is 28.6 Å². The van der Waals surface area contributed by atoms with Crippen LogP contribution in [0.5, 0.6) is 0 Å². The molecular formula is C17H23NO5S. The first kappa shape index (κ1) is 17.4. The molecule has 1 saturated carbocycles. The lowest BCUT2D eigenvalue weighted by Gasteiger charge is -2.56. The summed E-state index contributed by atoms with van der Waals surface area (Å²) < 4.78 is 32.8. The summed E-state index contributed by atoms with van der Waals surface area (Å²) in [7, 11) is -2.07. The van der Waals surface area contributed by atoms with E-state index in [2.05, 4.69) is 13.8 Å². The molecule has 132 valence electrons. The standard InChI is InChI=1S/C17H23NO5S/c1-16(2)9-17(11-23-3)10-18(8-14(16)17)24(21,22)13-6-4-5-12(7-13)15(19)20/h4-7,14H,8-11H2,1-3H3,(H,19,20)/t14-,17-/m1/s1. The van der Waals surface area contributed by atoms with Gasteiger partial charge in [-0.05, 0) is 36.0 Å². The lowest BCUT2D eigenvalue weighted by atomic mass is 9.48. The molecule has 0 bridgehead atoms. The van der Waals surface area contributed by atoms with Gasteiger partial charge in [-0.25, -0.2) is 13.2 Å². The highest BCUT2D eigenvalue weighted by Crippen LogP contribution is 2.63. The van der Waals surface area contributed by atoms with Gasteiger partial charge >= 0.3 is 5.97 Å². The highest BCUT2D eigenvalue weighted by atomic mass is 32.2. The molecule has 1 aromatic carbocycles. The van der Waals surface area contributed by atoms with Crippen LogP contribution in [0.2, 0.25) is 0 Å². The predicted molar refractivity (Wildman–Crippen MR) is 88.4 cm³/mol. The second kappa shape index (κ2) is 5.54. The van der Waals surface area contributed by atoms with Gasteiger partial charge in [0, 0.05) is 25.6 Å². The first-order valence-electron chi connectivity index (χ1n) is 7.95. The van der Waals surface area contributed by atoms with Crippen molar-refractivity contribution >= 4 is 16.0 Å². The van der Waals surface area contributed by atoms with Gasteiger partial charge in [-0.15, -0.1) is 0 Å². The summed E-state index contributed by atoms with van der Waals surface area (Å²) in [6.45, 7) is 5.74. The van der Waals surface area contributed by atoms with Crippen LogP contribution in [0.3, 0.4) is 0 Å². The third-order valence-corrected chi connectivity index (χ3v) is 7.33. The van der Waals surface area contributed by atoms with Crippen LogP contribution in [0.1, 0.15) is 30.6 Å². The molecule has 0 radical (unpaired) electrons. The molecule has 1 saturated heterocycles. The van der Waals surface area contributed by atoms with E-state index in [-0.39, 0.29) is 27.2 Å². The zero-order valence-corrected chi connectivity index (χ0v) is 15.0. The molecule has 24 heavy (non-hydrogen) atoms. The van der Waals surface area contributed by atoms with E-state index in [0.717, 1.165) is 6.42 Å². The van der Waals surface area contributed by atoms with Crippen molar-refractivity contribution in [3.63, 3.8) is 0 Å². The molecule has 0 amide bonds. The highest BCUT2D eigenvalue weighted by molar-refractivity contribution is 7.89. The number of carboxylic acids is 1. The molecule has 7 heteroatoms. The summed E-state index contributed by atoms with van der Waals surface area (Å²) in [6.07, 6.45) is 0.930. The van der Waals surface area contributed by atoms with Gasteiger partial charge in [0.25, 0.3) is 0 Å². The molecule has 0 aromatic heterocycles. The number of hydrogen-bond donors (Lipinski definition) is 1. The smallest absolute Gasteiger partial charge is 0.335 e. The Bertz CT molecular complexity index is 773. The Kier molecular flexibility index (Phi) is 4.01. The average Bonchev–Trinajstić information content (AvgIpc) is 2.83. The van der Waals surface area contributed by atoms with Gasteiger partial charge in [-0.3, -0.25) is 0 Å². The van der Waals surface area contributed by atoms with Gasteiger partial charge < -0.3 is 9.84 Å². The SMILES string of the molecule is COC[C@@]12CN(S(=O)(=O)c3cccc(C(=O)O)c3)C[C@@H]1C(C)(C)C2. The van der Waals surface area contributed by atoms with E-state index in [1.54, 1.807) is 7.11 Å². The molecule has 1 N–H and O–H groups in total. The maximum Gasteiger partial charge on any atom is 0.335 e. The number of carboxylic acid groups (broad SMARTS) is 1. The second-order valence-electron chi connectivity index (χ2n) is 7.64. The van der Waals surface area contributed by atoms with E-state index >= 15 is 0 Å². The number of hydrogen-bond acceptors (Lipinski definition) is 4. The number of ether oxygens (including phenoxy) is 1. The van der Waals surface area contributed by atoms with Crippen LogP contribution in [0, 0.1) is 16.7 Å². The van der Waals surface area contributed by atoms with Crippen LogP contribution in [-0.2, 0) is 14.8 Å². The number of methoxy groups -OCH3 is 1. The summed E-state index contributed by atoms with van der Waals surface area (Å²) in [4.78, 5) is 11.1. The molecular weight excluding hydrogens is 330 g/mol. The minimum Gasteiger partial charge on any atom is -0.478 e. The lowest BCUT2D eigenvalue weighted by Crippen LogP contribution is -2.55. The van der Waals surface area contributed by atoms with Crippen LogP contribution in [0.15, 0.2) is 29.2 Å². The van der Waals surface area contributed by atoms with E-state index < -0.39 is 16.0 Å². The summed E-state index contributed by atoms with van der Waals surface area (Å²) in [6, 6.07) is 5.54. The molecule has 0 spiro atoms. The monoisotopic (exact) mass is 353 g/mol. The minimum atomic E-state index is -3.71. The molecule has 2 fully saturated rings. The van der Waals surface area contributed by atoms with Crippen molar-refractivity contribution in [2.45, 2.75) is 25.2 Å². The van der Waals surface area contributed by atoms with Gasteiger partial charge in [-0.2, -0.15) is 4.31 Å². The summed E-state index contributed by atoms with van der Waals surface area (Å²) in [5.74, 6) is -0.882. The molecule has 2 atom stereocenters. The average molecular weight is 353 g/mol. The van der Waals surface area contributed by atoms with Crippen molar-refractivity contribution in [1.29, 1.82) is 0 Å². The fourth-order valence-electron chi connectivity index (χ4n) is 4.68. The third-order valence-electron chi connectivity index (χ3n) is 5.52. The Balaban J connectivity index is 1.92. The molecule has 1 aliphatic carbocycles. The quantitative estimate of drug-likeness (QED) is 0.876. The van der Waals surface area contributed by atoms with E-state index in [9.17, 15) is 13.2 Å². The van der Waals surface area contributed by atoms with Crippen LogP contribution < -0.4 is 0 Å². The molecule has 0 unspecified atom stereocenters. The Morgan fingerprint density at radius 2 is 2.12 bits per heavy atom. The zero-order valence-electron chi connectivity index (χ0n) is 14.2. The van der Waals surface area contributed by atoms with Crippen molar-refractivity contribution in [1.82, 2.24) is 4.31 Å². The van der Waals surface area contributed by atoms with Gasteiger partial charge in [0.2, 0.25) is 10.0 Å². The maximum atomic E-state index is 13.0. The maximum absolute atomic E-state index is 13.0. The molecule has 1 aliphatic heterocycles. The largest absolute Gasteiger partial charge is 0.478 e. The minimum absolute atomic E-state index is 0.0230. The van der Waals surface area contributed by atoms with Crippen molar-refractivity contribution in [3.05, 3.63) is 29.8 Å². The summed E-state index contributed by atoms with van der Waals surface area (Å²) >= 11 is 0. The Labute approximate surface area is 142 Å². The van der Waals surface area contributed by atoms with Gasteiger partial charge in [-0.1, -0.05) is 19.9 Å². The normalized spacial score (nSPS) is 29.0. The second-order valence-corrected chi connectivity index (χ2v) is 9.58. The summed E-state index contributed by atoms with van der Waals surface area (Å²) in [5, 5.41) is 9.09. The molecule has 1 aromatic rings. The van der Waals surface area contributed by atoms with Crippen molar-refractivity contribution < 1.29 is 23.1 Å². The van der Waals surface area contributed by atoms with Crippen LogP contribution in [-0.4, -0.2) is 50.6 Å². The number of fused-ring (bicyclic) bond motifs is 1. The fraction of sp³-hybridized carbons (Fsp3) is 0.588. The van der Waals surface area contributed by atoms with E-state index in [1.807, 2.05) is 0 Å². The van der Waals surface area contributed by atoms with Crippen LogP contribution in [0.25, 0.3) is 0 Å². The van der Waals surface area contributed by atoms with Gasteiger partial charge in [0.1, 0.15) is 0 Å². The van der Waals surface area contributed by atoms with Crippen LogP contribution >= 0.6 is 0 Å². The topological polar surface area (TPSA) is 83.9 Å². The van der Waals surface area contributed by atoms with Crippen molar-refractivity contribution in [3.8, 4) is 0 Å². The Morgan fingerprint density at radius 3 is 2.71 bits per heavy atom. The van der Waals surface area contributed by atoms with Crippen LogP contribution in [0.4, 0.5) is 0 Å². The number of aromatic carboxylic acids is 1. The lowest BCUT2D eigenvalue weighted by molar-refractivity contribution is -0.106. The number of benzene rings is 1. The van der Waals surface area contributed by atoms with E-state index in [4.69, 9.17) is 9.84 Å². The summed E-state index contributed by atoms with van der Waals surface area (Å²) in [5.41, 5.74) is -0.0632. The Morgan fingerprint density at radius 1 is 1.42 bits per heavy atom. The zero-order chi connectivity index (χ0) is 17.8. The first-order valence-corrected chi connectivity index (χ1v) is 9.39. The first-order chi connectivity index (χ1) is 11.1. The fourth-order valence-corrected chi connectivity index (χ4v) is 6.28. The van der Waals surface area contributed by atoms with Gasteiger partial charge in [0.05, 0.1) is 17.1 Å². The predicted octanol–water partition coefficient (Wildman–Crippen LogP) is 2.07. The van der Waals surface area contributed by atoms with E-state index in [0.29, 0.717) is 19.7 Å². The number of sulfonamides is 1. The molecule has 2 aliphatic rings. The molecule has 6 nitrogen and oxygen atoms in total. The highest BCUT2D eigenvalue weighted by Gasteiger charge is 2.64.